The van der Waals surface area contributed by atoms with E-state index in [0.717, 1.165) is 0 Å². The largest absolute Gasteiger partial charge is 0.419 e. The summed E-state index contributed by atoms with van der Waals surface area (Å²) in [5.41, 5.74) is -2.26. The number of nitrogens with zero attached hydrogens (tertiary/aromatic N) is 1. The van der Waals surface area contributed by atoms with Gasteiger partial charge in [-0.05, 0) is 22.2 Å². The highest BCUT2D eigenvalue weighted by Gasteiger charge is 2.27. The Labute approximate surface area is 113 Å². The lowest BCUT2D eigenvalue weighted by Gasteiger charge is -2.04. The molecule has 0 atom stereocenters. The van der Waals surface area contributed by atoms with Gasteiger partial charge >= 0.3 is 11.3 Å². The highest BCUT2D eigenvalue weighted by atomic mass is 17.9. The van der Waals surface area contributed by atoms with Crippen LogP contribution >= 0.6 is 0 Å². The van der Waals surface area contributed by atoms with Gasteiger partial charge in [0.05, 0.1) is 10.3 Å². The number of rotatable bonds is 7. The van der Waals surface area contributed by atoms with Crippen LogP contribution in [0.15, 0.2) is 33.5 Å². The first-order valence-electron chi connectivity index (χ1n) is 5.00. The van der Waals surface area contributed by atoms with Gasteiger partial charge < -0.3 is 4.42 Å². The zero-order valence-electron chi connectivity index (χ0n) is 9.79. The van der Waals surface area contributed by atoms with Gasteiger partial charge in [0.1, 0.15) is 5.58 Å². The molecule has 1 heterocycles. The van der Waals surface area contributed by atoms with Gasteiger partial charge in [0.15, 0.2) is 0 Å². The molecule has 0 aliphatic carbocycles. The molecule has 12 nitrogen and oxygen atoms in total. The predicted octanol–water partition coefficient (Wildman–Crippen LogP) is 1.21. The van der Waals surface area contributed by atoms with Crippen molar-refractivity contribution in [2.45, 2.75) is 0 Å². The fraction of sp³-hybridized carbons (Fsp3) is 0. The molecule has 0 fully saturated rings. The summed E-state index contributed by atoms with van der Waals surface area (Å²) in [5, 5.41) is 36.2. The van der Waals surface area contributed by atoms with E-state index >= 15 is 0 Å². The SMILES string of the molecule is O=c1oc2ccccc2c(OOOOOOO)c1[N+](=O)[O-]. The summed E-state index contributed by atoms with van der Waals surface area (Å²) in [6, 6.07) is 5.80. The topological polar surface area (TPSA) is 149 Å². The molecule has 0 radical (unpaired) electrons. The molecule has 112 valence electrons. The molecule has 0 spiro atoms. The average Bonchev–Trinajstić information content (AvgIpc) is 2.46. The van der Waals surface area contributed by atoms with E-state index in [1.807, 2.05) is 0 Å². The van der Waals surface area contributed by atoms with E-state index in [-0.39, 0.29) is 11.0 Å². The lowest BCUT2D eigenvalue weighted by Crippen LogP contribution is -2.11. The average molecular weight is 303 g/mol. The summed E-state index contributed by atoms with van der Waals surface area (Å²) in [5.74, 6) is -0.583. The quantitative estimate of drug-likeness (QED) is 0.258. The number of benzene rings is 1. The first-order valence-corrected chi connectivity index (χ1v) is 5.00. The molecule has 0 saturated heterocycles. The minimum Gasteiger partial charge on any atom is -0.417 e. The monoisotopic (exact) mass is 303 g/mol. The highest BCUT2D eigenvalue weighted by Crippen LogP contribution is 2.32. The first-order chi connectivity index (χ1) is 10.1. The predicted molar refractivity (Wildman–Crippen MR) is 57.8 cm³/mol. The van der Waals surface area contributed by atoms with E-state index < -0.39 is 22.0 Å². The standard InChI is InChI=1S/C9H5NO11/c11-9-7(10(12)13)8(16-18-20-21-19-17-14)5-3-1-2-4-6(5)15-9/h1-4,14H. The van der Waals surface area contributed by atoms with Gasteiger partial charge in [0, 0.05) is 15.1 Å². The second-order valence-corrected chi connectivity index (χ2v) is 3.25. The van der Waals surface area contributed by atoms with Crippen LogP contribution in [-0.4, -0.2) is 10.2 Å². The van der Waals surface area contributed by atoms with Crippen LogP contribution in [-0.2, 0) is 25.2 Å². The van der Waals surface area contributed by atoms with Crippen LogP contribution < -0.4 is 10.5 Å². The molecule has 1 aromatic carbocycles. The molecule has 2 rings (SSSR count). The normalized spacial score (nSPS) is 10.7. The Bertz CT molecular complexity index is 696. The highest BCUT2D eigenvalue weighted by molar-refractivity contribution is 5.86. The van der Waals surface area contributed by atoms with Crippen LogP contribution in [0.1, 0.15) is 0 Å². The van der Waals surface area contributed by atoms with E-state index in [1.54, 1.807) is 0 Å². The molecular formula is C9H5NO11. The van der Waals surface area contributed by atoms with E-state index in [0.29, 0.717) is 0 Å². The molecule has 0 unspecified atom stereocenters. The second-order valence-electron chi connectivity index (χ2n) is 3.25. The molecular weight excluding hydrogens is 298 g/mol. The summed E-state index contributed by atoms with van der Waals surface area (Å²) < 4.78 is 4.76. The van der Waals surface area contributed by atoms with Gasteiger partial charge in [-0.2, -0.15) is 0 Å². The van der Waals surface area contributed by atoms with Crippen molar-refractivity contribution >= 4 is 16.7 Å². The smallest absolute Gasteiger partial charge is 0.417 e. The zero-order chi connectivity index (χ0) is 15.2. The lowest BCUT2D eigenvalue weighted by molar-refractivity contribution is -0.779. The van der Waals surface area contributed by atoms with E-state index in [4.69, 9.17) is 9.67 Å². The van der Waals surface area contributed by atoms with E-state index in [2.05, 4.69) is 30.1 Å². The van der Waals surface area contributed by atoms with Crippen LogP contribution in [0.4, 0.5) is 5.69 Å². The van der Waals surface area contributed by atoms with Crippen molar-refractivity contribution in [2.75, 3.05) is 0 Å². The third-order valence-electron chi connectivity index (χ3n) is 2.16. The van der Waals surface area contributed by atoms with Crippen molar-refractivity contribution in [2.24, 2.45) is 0 Å². The molecule has 12 heteroatoms. The fourth-order valence-corrected chi connectivity index (χ4v) is 1.44. The molecule has 0 aliphatic rings. The van der Waals surface area contributed by atoms with Gasteiger partial charge in [-0.1, -0.05) is 12.1 Å². The van der Waals surface area contributed by atoms with Crippen LogP contribution in [0.5, 0.6) is 5.75 Å². The minimum absolute atomic E-state index is 0.0163. The Morgan fingerprint density at radius 3 is 2.57 bits per heavy atom. The van der Waals surface area contributed by atoms with Crippen molar-refractivity contribution in [1.29, 1.82) is 0 Å². The summed E-state index contributed by atoms with van der Waals surface area (Å²) in [4.78, 5) is 25.9. The molecule has 21 heavy (non-hydrogen) atoms. The number of hydrogen-bond acceptors (Lipinski definition) is 11. The summed E-state index contributed by atoms with van der Waals surface area (Å²) in [6.07, 6.45) is 0. The van der Waals surface area contributed by atoms with Crippen LogP contribution in [0.3, 0.4) is 0 Å². The van der Waals surface area contributed by atoms with E-state index in [1.165, 1.54) is 24.3 Å². The van der Waals surface area contributed by atoms with Crippen molar-refractivity contribution in [3.63, 3.8) is 0 Å². The molecule has 0 aliphatic heterocycles. The summed E-state index contributed by atoms with van der Waals surface area (Å²) in [6.45, 7) is 0. The van der Waals surface area contributed by atoms with Gasteiger partial charge in [-0.25, -0.2) is 10.1 Å². The van der Waals surface area contributed by atoms with Crippen LogP contribution in [0.2, 0.25) is 0 Å². The minimum atomic E-state index is -1.26. The van der Waals surface area contributed by atoms with E-state index in [9.17, 15) is 14.9 Å². The van der Waals surface area contributed by atoms with Crippen molar-refractivity contribution in [3.05, 3.63) is 44.8 Å². The van der Waals surface area contributed by atoms with Gasteiger partial charge in [-0.15, -0.1) is 0 Å². The Balaban J connectivity index is 2.36. The molecule has 1 aromatic heterocycles. The molecule has 0 saturated carbocycles. The molecule has 0 bridgehead atoms. The Hall–Kier alpha value is -2.61. The van der Waals surface area contributed by atoms with Crippen LogP contribution in [0, 0.1) is 10.1 Å². The number of nitro groups is 1. The first kappa shape index (κ1) is 14.8. The Morgan fingerprint density at radius 2 is 1.86 bits per heavy atom. The number of hydrogen-bond donors (Lipinski definition) is 1. The van der Waals surface area contributed by atoms with Crippen molar-refractivity contribution in [1.82, 2.24) is 0 Å². The van der Waals surface area contributed by atoms with Crippen molar-refractivity contribution < 1.29 is 44.7 Å². The maximum absolute atomic E-state index is 11.5. The van der Waals surface area contributed by atoms with Gasteiger partial charge in [0.2, 0.25) is 0 Å². The Morgan fingerprint density at radius 1 is 1.14 bits per heavy atom. The van der Waals surface area contributed by atoms with Gasteiger partial charge in [-0.3, -0.25) is 15.0 Å². The third-order valence-corrected chi connectivity index (χ3v) is 2.16. The summed E-state index contributed by atoms with van der Waals surface area (Å²) in [7, 11) is 0. The van der Waals surface area contributed by atoms with Gasteiger partial charge in [0.25, 0.3) is 5.75 Å². The lowest BCUT2D eigenvalue weighted by atomic mass is 10.2. The zero-order valence-corrected chi connectivity index (χ0v) is 9.79. The molecule has 1 N–H and O–H groups in total. The fourth-order valence-electron chi connectivity index (χ4n) is 1.44. The molecule has 2 aromatic rings. The number of para-hydroxylation sites is 1. The summed E-state index contributed by atoms with van der Waals surface area (Å²) >= 11 is 0. The molecule has 0 amide bonds. The maximum Gasteiger partial charge on any atom is 0.419 e. The maximum atomic E-state index is 11.5. The number of fused-ring (bicyclic) bond motifs is 1. The Kier molecular flexibility index (Phi) is 4.72. The van der Waals surface area contributed by atoms with Crippen LogP contribution in [0.25, 0.3) is 11.0 Å². The third kappa shape index (κ3) is 3.29. The second kappa shape index (κ2) is 6.71. The van der Waals surface area contributed by atoms with Crippen molar-refractivity contribution in [3.8, 4) is 5.75 Å².